The van der Waals surface area contributed by atoms with Gasteiger partial charge in [0, 0.05) is 18.3 Å². The van der Waals surface area contributed by atoms with Crippen LogP contribution in [0.1, 0.15) is 57.3 Å². The lowest BCUT2D eigenvalue weighted by atomic mass is 10.1. The molecular formula is C12H21N3. The lowest BCUT2D eigenvalue weighted by molar-refractivity contribution is 0.411. The summed E-state index contributed by atoms with van der Waals surface area (Å²) in [6.45, 7) is 4.27. The standard InChI is InChI=1S/C12H21N3/c1-3-11(6-10-4-5-10)15-8-14-7-12(15)9(2)13/h7-11H,3-6,13H2,1-2H3. The quantitative estimate of drug-likeness (QED) is 0.806. The average molecular weight is 207 g/mol. The van der Waals surface area contributed by atoms with Crippen LogP contribution in [0.25, 0.3) is 0 Å². The number of hydrogen-bond donors (Lipinski definition) is 1. The molecule has 2 atom stereocenters. The van der Waals surface area contributed by atoms with Crippen molar-refractivity contribution in [2.45, 2.75) is 51.6 Å². The van der Waals surface area contributed by atoms with Gasteiger partial charge in [0.25, 0.3) is 0 Å². The second-order valence-corrected chi connectivity index (χ2v) is 4.76. The molecule has 1 saturated carbocycles. The van der Waals surface area contributed by atoms with Crippen molar-refractivity contribution in [2.75, 3.05) is 0 Å². The number of nitrogens with two attached hydrogens (primary N) is 1. The van der Waals surface area contributed by atoms with E-state index in [4.69, 9.17) is 5.73 Å². The topological polar surface area (TPSA) is 43.8 Å². The van der Waals surface area contributed by atoms with Gasteiger partial charge in [-0.25, -0.2) is 4.98 Å². The third-order valence-corrected chi connectivity index (χ3v) is 3.33. The summed E-state index contributed by atoms with van der Waals surface area (Å²) in [7, 11) is 0. The Morgan fingerprint density at radius 3 is 2.87 bits per heavy atom. The lowest BCUT2D eigenvalue weighted by Gasteiger charge is -2.20. The SMILES string of the molecule is CCC(CC1CC1)n1cncc1C(C)N. The van der Waals surface area contributed by atoms with Gasteiger partial charge in [-0.2, -0.15) is 0 Å². The van der Waals surface area contributed by atoms with E-state index >= 15 is 0 Å². The Morgan fingerprint density at radius 1 is 1.60 bits per heavy atom. The molecule has 3 nitrogen and oxygen atoms in total. The Hall–Kier alpha value is -0.830. The smallest absolute Gasteiger partial charge is 0.0951 e. The van der Waals surface area contributed by atoms with Crippen molar-refractivity contribution < 1.29 is 0 Å². The molecule has 84 valence electrons. The minimum Gasteiger partial charge on any atom is -0.330 e. The largest absolute Gasteiger partial charge is 0.330 e. The highest BCUT2D eigenvalue weighted by Gasteiger charge is 2.26. The predicted octanol–water partition coefficient (Wildman–Crippen LogP) is 2.65. The monoisotopic (exact) mass is 207 g/mol. The Bertz CT molecular complexity index is 312. The zero-order chi connectivity index (χ0) is 10.8. The minimum atomic E-state index is 0.0840. The molecule has 0 aromatic carbocycles. The van der Waals surface area contributed by atoms with Crippen molar-refractivity contribution >= 4 is 0 Å². The molecule has 1 aliphatic rings. The van der Waals surface area contributed by atoms with Crippen LogP contribution in [0.15, 0.2) is 12.5 Å². The maximum absolute atomic E-state index is 5.94. The fourth-order valence-electron chi connectivity index (χ4n) is 2.19. The molecule has 1 fully saturated rings. The van der Waals surface area contributed by atoms with Crippen LogP contribution in [0.5, 0.6) is 0 Å². The van der Waals surface area contributed by atoms with E-state index in [1.165, 1.54) is 31.4 Å². The molecule has 1 heterocycles. The van der Waals surface area contributed by atoms with E-state index in [9.17, 15) is 0 Å². The van der Waals surface area contributed by atoms with Gasteiger partial charge in [-0.3, -0.25) is 0 Å². The van der Waals surface area contributed by atoms with Gasteiger partial charge in [0.2, 0.25) is 0 Å². The van der Waals surface area contributed by atoms with E-state index in [0.717, 1.165) is 5.92 Å². The van der Waals surface area contributed by atoms with Gasteiger partial charge < -0.3 is 10.3 Å². The molecule has 0 amide bonds. The van der Waals surface area contributed by atoms with E-state index in [0.29, 0.717) is 6.04 Å². The third-order valence-electron chi connectivity index (χ3n) is 3.33. The molecule has 0 radical (unpaired) electrons. The highest BCUT2D eigenvalue weighted by atomic mass is 15.1. The predicted molar refractivity (Wildman–Crippen MR) is 61.5 cm³/mol. The molecule has 0 bridgehead atoms. The number of hydrogen-bond acceptors (Lipinski definition) is 2. The third kappa shape index (κ3) is 2.40. The minimum absolute atomic E-state index is 0.0840. The molecule has 2 rings (SSSR count). The van der Waals surface area contributed by atoms with Crippen LogP contribution < -0.4 is 5.73 Å². The summed E-state index contributed by atoms with van der Waals surface area (Å²) in [4.78, 5) is 4.22. The van der Waals surface area contributed by atoms with Crippen molar-refractivity contribution in [3.8, 4) is 0 Å². The average Bonchev–Trinajstić information content (AvgIpc) is 2.89. The maximum Gasteiger partial charge on any atom is 0.0951 e. The Balaban J connectivity index is 2.13. The molecule has 2 unspecified atom stereocenters. The van der Waals surface area contributed by atoms with Crippen molar-refractivity contribution in [3.05, 3.63) is 18.2 Å². The highest BCUT2D eigenvalue weighted by Crippen LogP contribution is 2.38. The van der Waals surface area contributed by atoms with E-state index in [-0.39, 0.29) is 6.04 Å². The molecule has 1 aliphatic carbocycles. The fourth-order valence-corrected chi connectivity index (χ4v) is 2.19. The second-order valence-electron chi connectivity index (χ2n) is 4.76. The van der Waals surface area contributed by atoms with Gasteiger partial charge in [-0.05, 0) is 25.7 Å². The van der Waals surface area contributed by atoms with E-state index in [2.05, 4.69) is 16.5 Å². The normalized spacial score (nSPS) is 20.2. The number of nitrogens with zero attached hydrogens (tertiary/aromatic N) is 2. The van der Waals surface area contributed by atoms with Crippen LogP contribution in [0, 0.1) is 5.92 Å². The van der Waals surface area contributed by atoms with Gasteiger partial charge >= 0.3 is 0 Å². The van der Waals surface area contributed by atoms with Crippen molar-refractivity contribution in [3.63, 3.8) is 0 Å². The second kappa shape index (κ2) is 4.35. The van der Waals surface area contributed by atoms with Crippen LogP contribution in [0.3, 0.4) is 0 Å². The molecule has 15 heavy (non-hydrogen) atoms. The highest BCUT2D eigenvalue weighted by molar-refractivity contribution is 5.05. The molecule has 0 saturated heterocycles. The number of imidazole rings is 1. The Labute approximate surface area is 91.7 Å². The zero-order valence-electron chi connectivity index (χ0n) is 9.69. The molecule has 1 aromatic heterocycles. The Kier molecular flexibility index (Phi) is 3.10. The number of rotatable bonds is 5. The van der Waals surface area contributed by atoms with Crippen LogP contribution in [0.4, 0.5) is 0 Å². The molecule has 0 spiro atoms. The molecule has 1 aromatic rings. The van der Waals surface area contributed by atoms with Gasteiger partial charge in [-0.1, -0.05) is 19.8 Å². The molecule has 2 N–H and O–H groups in total. The molecule has 3 heteroatoms. The van der Waals surface area contributed by atoms with Crippen LogP contribution in [0.2, 0.25) is 0 Å². The van der Waals surface area contributed by atoms with Gasteiger partial charge in [-0.15, -0.1) is 0 Å². The summed E-state index contributed by atoms with van der Waals surface area (Å²) in [5.41, 5.74) is 7.11. The maximum atomic E-state index is 5.94. The first-order valence-corrected chi connectivity index (χ1v) is 5.99. The van der Waals surface area contributed by atoms with E-state index < -0.39 is 0 Å². The summed E-state index contributed by atoms with van der Waals surface area (Å²) in [6, 6.07) is 0.682. The summed E-state index contributed by atoms with van der Waals surface area (Å²) < 4.78 is 2.28. The molecular weight excluding hydrogens is 186 g/mol. The summed E-state index contributed by atoms with van der Waals surface area (Å²) in [6.07, 6.45) is 9.14. The lowest BCUT2D eigenvalue weighted by Crippen LogP contribution is -2.16. The first-order valence-electron chi connectivity index (χ1n) is 5.99. The molecule has 0 aliphatic heterocycles. The van der Waals surface area contributed by atoms with E-state index in [1.54, 1.807) is 0 Å². The van der Waals surface area contributed by atoms with Gasteiger partial charge in [0.15, 0.2) is 0 Å². The fraction of sp³-hybridized carbons (Fsp3) is 0.750. The van der Waals surface area contributed by atoms with Crippen molar-refractivity contribution in [1.82, 2.24) is 9.55 Å². The first kappa shape index (κ1) is 10.7. The Morgan fingerprint density at radius 2 is 2.33 bits per heavy atom. The van der Waals surface area contributed by atoms with Crippen molar-refractivity contribution in [1.29, 1.82) is 0 Å². The first-order chi connectivity index (χ1) is 7.22. The zero-order valence-corrected chi connectivity index (χ0v) is 9.69. The van der Waals surface area contributed by atoms with Crippen LogP contribution in [-0.4, -0.2) is 9.55 Å². The van der Waals surface area contributed by atoms with Crippen LogP contribution >= 0.6 is 0 Å². The summed E-state index contributed by atoms with van der Waals surface area (Å²) in [5.74, 6) is 0.957. The van der Waals surface area contributed by atoms with Crippen molar-refractivity contribution in [2.24, 2.45) is 11.7 Å². The number of aromatic nitrogens is 2. The van der Waals surface area contributed by atoms with Crippen LogP contribution in [-0.2, 0) is 0 Å². The van der Waals surface area contributed by atoms with E-state index in [1.807, 2.05) is 19.4 Å². The van der Waals surface area contributed by atoms with Gasteiger partial charge in [0.1, 0.15) is 0 Å². The van der Waals surface area contributed by atoms with Gasteiger partial charge in [0.05, 0.1) is 12.0 Å². The summed E-state index contributed by atoms with van der Waals surface area (Å²) >= 11 is 0. The summed E-state index contributed by atoms with van der Waals surface area (Å²) in [5, 5.41) is 0.